The van der Waals surface area contributed by atoms with E-state index in [1.54, 1.807) is 0 Å². The van der Waals surface area contributed by atoms with E-state index in [0.29, 0.717) is 6.42 Å². The van der Waals surface area contributed by atoms with Gasteiger partial charge >= 0.3 is 0 Å². The maximum Gasteiger partial charge on any atom is 0.167 e. The lowest BCUT2D eigenvalue weighted by Crippen LogP contribution is -2.16. The molecule has 0 aliphatic carbocycles. The zero-order valence-corrected chi connectivity index (χ0v) is 7.83. The fraction of sp³-hybridized carbons (Fsp3) is 0.714. The van der Waals surface area contributed by atoms with Crippen molar-refractivity contribution in [2.75, 3.05) is 20.6 Å². The highest BCUT2D eigenvalue weighted by Gasteiger charge is 1.92. The van der Waals surface area contributed by atoms with Crippen LogP contribution in [0.1, 0.15) is 13.3 Å². The summed E-state index contributed by atoms with van der Waals surface area (Å²) in [7, 11) is 13.2. The molecule has 0 amide bonds. The molecule has 0 N–H and O–H groups in total. The van der Waals surface area contributed by atoms with E-state index in [-0.39, 0.29) is 11.4 Å². The normalized spacial score (nSPS) is 8.67. The molecule has 0 spiro atoms. The van der Waals surface area contributed by atoms with Crippen LogP contribution < -0.4 is 0 Å². The van der Waals surface area contributed by atoms with Crippen LogP contribution in [0.4, 0.5) is 0 Å². The van der Waals surface area contributed by atoms with Crippen molar-refractivity contribution in [2.45, 2.75) is 13.3 Å². The Labute approximate surface area is 76.3 Å². The van der Waals surface area contributed by atoms with Crippen molar-refractivity contribution in [1.82, 2.24) is 4.90 Å². The fourth-order valence-corrected chi connectivity index (χ4v) is 0.334. The molecule has 4 radical (unpaired) electrons. The molecular weight excluding hydrogens is 152 g/mol. The summed E-state index contributed by atoms with van der Waals surface area (Å²) < 4.78 is 0. The maximum atomic E-state index is 10.1. The molecule has 0 aromatic rings. The summed E-state index contributed by atoms with van der Waals surface area (Å²) in [5.41, 5.74) is -0.571. The average Bonchev–Trinajstić information content (AvgIpc) is 1.82. The lowest BCUT2D eigenvalue weighted by atomic mass is 10.00. The number of hydrogen-bond acceptors (Lipinski definition) is 3. The van der Waals surface area contributed by atoms with Crippen molar-refractivity contribution in [1.29, 1.82) is 0 Å². The second kappa shape index (κ2) is 8.53. The van der Waals surface area contributed by atoms with Gasteiger partial charge in [0.15, 0.2) is 15.7 Å². The van der Waals surface area contributed by atoms with Gasteiger partial charge in [-0.15, -0.1) is 0 Å². The molecule has 5 heteroatoms. The van der Waals surface area contributed by atoms with E-state index >= 15 is 0 Å². The predicted molar refractivity (Wildman–Crippen MR) is 50.4 cm³/mol. The largest absolute Gasteiger partial charge is 0.313 e. The topological polar surface area (TPSA) is 37.4 Å². The highest BCUT2D eigenvalue weighted by Crippen LogP contribution is 1.80. The van der Waals surface area contributed by atoms with Crippen molar-refractivity contribution in [2.24, 2.45) is 0 Å². The fourth-order valence-electron chi connectivity index (χ4n) is 0.334. The molecule has 0 unspecified atom stereocenters. The summed E-state index contributed by atoms with van der Waals surface area (Å²) in [4.78, 5) is 21.2. The van der Waals surface area contributed by atoms with Crippen LogP contribution in [0.5, 0.6) is 0 Å². The zero-order valence-electron chi connectivity index (χ0n) is 7.83. The molecule has 12 heavy (non-hydrogen) atoms. The zero-order chi connectivity index (χ0) is 10.1. The van der Waals surface area contributed by atoms with Gasteiger partial charge in [-0.05, 0) is 21.0 Å². The van der Waals surface area contributed by atoms with Gasteiger partial charge in [0.05, 0.1) is 11.4 Å². The van der Waals surface area contributed by atoms with Crippen LogP contribution in [0.3, 0.4) is 0 Å². The summed E-state index contributed by atoms with van der Waals surface area (Å²) in [6.45, 7) is 2.05. The lowest BCUT2D eigenvalue weighted by Gasteiger charge is -2.05. The molecule has 0 saturated carbocycles. The first-order valence-electron chi connectivity index (χ1n) is 3.55. The summed E-state index contributed by atoms with van der Waals surface area (Å²) in [5, 5.41) is 0. The molecule has 0 atom stereocenters. The van der Waals surface area contributed by atoms with Gasteiger partial charge < -0.3 is 14.5 Å². The van der Waals surface area contributed by atoms with E-state index in [9.17, 15) is 9.59 Å². The molecule has 0 heterocycles. The van der Waals surface area contributed by atoms with Gasteiger partial charge in [0.1, 0.15) is 0 Å². The number of nitrogens with zero attached hydrogens (tertiary/aromatic N) is 1. The van der Waals surface area contributed by atoms with E-state index in [0.717, 1.165) is 6.54 Å². The van der Waals surface area contributed by atoms with Crippen LogP contribution in [0.2, 0.25) is 0 Å². The van der Waals surface area contributed by atoms with Gasteiger partial charge in [0.25, 0.3) is 0 Å². The first-order chi connectivity index (χ1) is 5.36. The first kappa shape index (κ1) is 14.0. The van der Waals surface area contributed by atoms with Gasteiger partial charge in [-0.1, -0.05) is 0 Å². The first-order valence-corrected chi connectivity index (χ1v) is 3.55. The number of carbonyl (C=O) groups excluding carboxylic acids is 2. The minimum atomic E-state index is -0.333. The Balaban J connectivity index is 0. The molecule has 0 fully saturated rings. The summed E-state index contributed by atoms with van der Waals surface area (Å²) in [6.07, 6.45) is 0.451. The Hall–Kier alpha value is -0.570. The van der Waals surface area contributed by atoms with Crippen LogP contribution >= 0.6 is 0 Å². The van der Waals surface area contributed by atoms with Crippen molar-refractivity contribution in [3.8, 4) is 0 Å². The van der Waals surface area contributed by atoms with E-state index in [4.69, 9.17) is 7.85 Å². The lowest BCUT2D eigenvalue weighted by molar-refractivity contribution is -0.112. The Morgan fingerprint density at radius 2 is 1.58 bits per heavy atom. The number of hydrogen-bond donors (Lipinski definition) is 0. The standard InChI is InChI=1S/C5H10BNO.C2H3BO/c1-7(2)4-3-5(6)8;1-2(3)4/h3-4H2,1-2H3;1H3. The summed E-state index contributed by atoms with van der Waals surface area (Å²) in [6, 6.07) is 0. The van der Waals surface area contributed by atoms with E-state index in [2.05, 4.69) is 7.85 Å². The van der Waals surface area contributed by atoms with Crippen LogP contribution in [-0.4, -0.2) is 52.6 Å². The van der Waals surface area contributed by atoms with Crippen LogP contribution in [-0.2, 0) is 9.59 Å². The van der Waals surface area contributed by atoms with Gasteiger partial charge in [0.2, 0.25) is 0 Å². The highest BCUT2D eigenvalue weighted by molar-refractivity contribution is 6.57. The predicted octanol–water partition coefficient (Wildman–Crippen LogP) is -0.665. The van der Waals surface area contributed by atoms with Crippen LogP contribution in [0.15, 0.2) is 0 Å². The molecule has 0 saturated heterocycles. The van der Waals surface area contributed by atoms with Crippen molar-refractivity contribution in [3.05, 3.63) is 0 Å². The molecule has 0 aromatic carbocycles. The van der Waals surface area contributed by atoms with E-state index in [1.165, 1.54) is 6.92 Å². The summed E-state index contributed by atoms with van der Waals surface area (Å²) >= 11 is 0. The SMILES string of the molecule is [B]C(=O)CCN(C)C.[B]C(C)=O. The van der Waals surface area contributed by atoms with Gasteiger partial charge in [0, 0.05) is 13.0 Å². The Bertz CT molecular complexity index is 144. The third-order valence-corrected chi connectivity index (χ3v) is 0.805. The highest BCUT2D eigenvalue weighted by atomic mass is 16.1. The molecule has 0 aromatic heterocycles. The minimum Gasteiger partial charge on any atom is -0.313 e. The molecular formula is C7H13B2NO2. The van der Waals surface area contributed by atoms with Crippen molar-refractivity contribution < 1.29 is 9.59 Å². The Morgan fingerprint density at radius 1 is 1.25 bits per heavy atom. The van der Waals surface area contributed by atoms with Crippen molar-refractivity contribution >= 4 is 27.1 Å². The molecule has 0 rings (SSSR count). The Kier molecular flexibility index (Phi) is 9.93. The molecule has 3 nitrogen and oxygen atoms in total. The van der Waals surface area contributed by atoms with Gasteiger partial charge in [-0.25, -0.2) is 0 Å². The van der Waals surface area contributed by atoms with Crippen molar-refractivity contribution in [3.63, 3.8) is 0 Å². The summed E-state index contributed by atoms with van der Waals surface area (Å²) in [5.74, 6) is 0. The van der Waals surface area contributed by atoms with Gasteiger partial charge in [-0.2, -0.15) is 0 Å². The Morgan fingerprint density at radius 3 is 1.67 bits per heavy atom. The molecule has 0 aliphatic heterocycles. The van der Waals surface area contributed by atoms with Crippen LogP contribution in [0, 0.1) is 0 Å². The van der Waals surface area contributed by atoms with E-state index in [1.807, 2.05) is 19.0 Å². The number of rotatable bonds is 3. The average molecular weight is 165 g/mol. The quantitative estimate of drug-likeness (QED) is 0.520. The molecule has 64 valence electrons. The number of carbonyl (C=O) groups is 2. The molecule has 0 bridgehead atoms. The third kappa shape index (κ3) is 34.1. The van der Waals surface area contributed by atoms with E-state index < -0.39 is 0 Å². The maximum absolute atomic E-state index is 10.1. The van der Waals surface area contributed by atoms with Gasteiger partial charge in [-0.3, -0.25) is 0 Å². The second-order valence-electron chi connectivity index (χ2n) is 2.63. The van der Waals surface area contributed by atoms with Crippen LogP contribution in [0.25, 0.3) is 0 Å². The second-order valence-corrected chi connectivity index (χ2v) is 2.63. The minimum absolute atomic E-state index is 0.237. The molecule has 0 aliphatic rings. The third-order valence-electron chi connectivity index (χ3n) is 0.805. The smallest absolute Gasteiger partial charge is 0.167 e. The monoisotopic (exact) mass is 165 g/mol.